The number of carbonyl (C=O) groups excluding carboxylic acids is 1. The Morgan fingerprint density at radius 3 is 2.65 bits per heavy atom. The highest BCUT2D eigenvalue weighted by molar-refractivity contribution is 5.75. The Kier molecular flexibility index (Phi) is 4.58. The van der Waals surface area contributed by atoms with Crippen LogP contribution in [0.4, 0.5) is 13.6 Å². The number of rotatable bonds is 2. The molecule has 2 N–H and O–H groups in total. The summed E-state index contributed by atoms with van der Waals surface area (Å²) < 4.78 is 29.2. The molecule has 2 aliphatic rings. The van der Waals surface area contributed by atoms with Gasteiger partial charge < -0.3 is 15.1 Å². The van der Waals surface area contributed by atoms with Gasteiger partial charge in [-0.25, -0.2) is 13.6 Å². The van der Waals surface area contributed by atoms with Gasteiger partial charge in [0.2, 0.25) is 0 Å². The van der Waals surface area contributed by atoms with Crippen LogP contribution in [-0.2, 0) is 0 Å². The zero-order valence-corrected chi connectivity index (χ0v) is 14.3. The average molecular weight is 361 g/mol. The quantitative estimate of drug-likeness (QED) is 0.862. The van der Waals surface area contributed by atoms with E-state index in [2.05, 4.69) is 15.5 Å². The molecular formula is C18H21F2N5O. The fraction of sp³-hybridized carbons (Fsp3) is 0.444. The summed E-state index contributed by atoms with van der Waals surface area (Å²) in [5.74, 6) is -1.88. The lowest BCUT2D eigenvalue weighted by Gasteiger charge is -2.31. The van der Waals surface area contributed by atoms with Crippen LogP contribution < -0.4 is 5.32 Å². The van der Waals surface area contributed by atoms with Gasteiger partial charge in [-0.3, -0.25) is 5.10 Å². The zero-order chi connectivity index (χ0) is 18.1. The number of hydrogen-bond donors (Lipinski definition) is 2. The summed E-state index contributed by atoms with van der Waals surface area (Å²) >= 11 is 0. The normalized spacial score (nSPS) is 20.6. The van der Waals surface area contributed by atoms with Crippen LogP contribution in [0.1, 0.15) is 17.9 Å². The molecule has 0 aliphatic carbocycles. The summed E-state index contributed by atoms with van der Waals surface area (Å²) in [5, 5.41) is 9.59. The average Bonchev–Trinajstić information content (AvgIpc) is 3.36. The van der Waals surface area contributed by atoms with E-state index in [1.54, 1.807) is 17.0 Å². The van der Waals surface area contributed by atoms with Crippen LogP contribution in [0.15, 0.2) is 24.5 Å². The number of carbonyl (C=O) groups is 1. The molecule has 2 aromatic rings. The maximum atomic E-state index is 14.7. The fourth-order valence-corrected chi connectivity index (χ4v) is 3.74. The van der Waals surface area contributed by atoms with Gasteiger partial charge in [0.05, 0.1) is 6.20 Å². The van der Waals surface area contributed by atoms with Crippen LogP contribution in [0.5, 0.6) is 0 Å². The summed E-state index contributed by atoms with van der Waals surface area (Å²) in [6.45, 7) is 3.93. The number of hydrogen-bond acceptors (Lipinski definition) is 3. The number of aromatic nitrogens is 2. The number of likely N-dealkylation sites (tertiary alicyclic amines) is 1. The topological polar surface area (TPSA) is 64.3 Å². The minimum atomic E-state index is -0.865. The summed E-state index contributed by atoms with van der Waals surface area (Å²) in [5.41, 5.74) is 1.03. The second-order valence-corrected chi connectivity index (χ2v) is 6.77. The van der Waals surface area contributed by atoms with Crippen molar-refractivity contribution in [1.82, 2.24) is 25.3 Å². The van der Waals surface area contributed by atoms with E-state index in [4.69, 9.17) is 0 Å². The van der Waals surface area contributed by atoms with Gasteiger partial charge in [-0.15, -0.1) is 0 Å². The van der Waals surface area contributed by atoms with Gasteiger partial charge in [0.1, 0.15) is 0 Å². The summed E-state index contributed by atoms with van der Waals surface area (Å²) in [6, 6.07) is 3.20. The lowest BCUT2D eigenvalue weighted by atomic mass is 9.95. The van der Waals surface area contributed by atoms with Crippen molar-refractivity contribution in [2.24, 2.45) is 0 Å². The van der Waals surface area contributed by atoms with Gasteiger partial charge >= 0.3 is 6.03 Å². The molecule has 26 heavy (non-hydrogen) atoms. The van der Waals surface area contributed by atoms with E-state index in [0.717, 1.165) is 13.1 Å². The minimum Gasteiger partial charge on any atom is -0.324 e. The molecule has 1 unspecified atom stereocenters. The van der Waals surface area contributed by atoms with Crippen LogP contribution in [0, 0.1) is 11.6 Å². The number of nitrogens with zero attached hydrogens (tertiary/aromatic N) is 3. The molecule has 1 aromatic heterocycles. The van der Waals surface area contributed by atoms with Crippen molar-refractivity contribution in [3.05, 3.63) is 41.7 Å². The first kappa shape index (κ1) is 17.0. The molecule has 2 aliphatic heterocycles. The molecule has 1 aromatic carbocycles. The zero-order valence-electron chi connectivity index (χ0n) is 14.3. The SMILES string of the molecule is O=C(N1CCNCC1)N1CCC(c2ccc(-c3cn[nH]c3)c(F)c2F)C1. The van der Waals surface area contributed by atoms with Gasteiger partial charge in [-0.05, 0) is 12.0 Å². The van der Waals surface area contributed by atoms with Crippen LogP contribution >= 0.6 is 0 Å². The highest BCUT2D eigenvalue weighted by atomic mass is 19.2. The number of benzene rings is 1. The van der Waals surface area contributed by atoms with Crippen molar-refractivity contribution in [2.75, 3.05) is 39.3 Å². The van der Waals surface area contributed by atoms with Crippen molar-refractivity contribution >= 4 is 6.03 Å². The number of halogens is 2. The molecule has 0 spiro atoms. The first-order chi connectivity index (χ1) is 12.6. The van der Waals surface area contributed by atoms with Gasteiger partial charge in [-0.1, -0.05) is 12.1 Å². The maximum absolute atomic E-state index is 14.7. The van der Waals surface area contributed by atoms with Crippen molar-refractivity contribution in [1.29, 1.82) is 0 Å². The molecule has 0 saturated carbocycles. The highest BCUT2D eigenvalue weighted by Gasteiger charge is 2.32. The Morgan fingerprint density at radius 1 is 1.12 bits per heavy atom. The van der Waals surface area contributed by atoms with Crippen molar-refractivity contribution in [3.63, 3.8) is 0 Å². The standard InChI is InChI=1S/C18H21F2N5O/c19-16-14(1-2-15(17(16)20)13-9-22-23-10-13)12-3-6-25(11-12)18(26)24-7-4-21-5-8-24/h1-2,9-10,12,21H,3-8,11H2,(H,22,23). The molecule has 1 atom stereocenters. The number of H-pyrrole nitrogens is 1. The maximum Gasteiger partial charge on any atom is 0.320 e. The predicted octanol–water partition coefficient (Wildman–Crippen LogP) is 2.17. The Morgan fingerprint density at radius 2 is 1.92 bits per heavy atom. The van der Waals surface area contributed by atoms with E-state index in [1.807, 2.05) is 4.90 Å². The Balaban J connectivity index is 1.50. The lowest BCUT2D eigenvalue weighted by Crippen LogP contribution is -2.51. The van der Waals surface area contributed by atoms with Crippen molar-refractivity contribution < 1.29 is 13.6 Å². The van der Waals surface area contributed by atoms with Crippen LogP contribution in [0.3, 0.4) is 0 Å². The third-order valence-corrected chi connectivity index (χ3v) is 5.21. The number of amides is 2. The Labute approximate surface area is 150 Å². The summed E-state index contributed by atoms with van der Waals surface area (Å²) in [4.78, 5) is 16.1. The molecule has 4 rings (SSSR count). The molecule has 2 fully saturated rings. The van der Waals surface area contributed by atoms with Crippen LogP contribution in [0.2, 0.25) is 0 Å². The second-order valence-electron chi connectivity index (χ2n) is 6.77. The van der Waals surface area contributed by atoms with E-state index in [9.17, 15) is 13.6 Å². The third-order valence-electron chi connectivity index (χ3n) is 5.21. The molecule has 6 nitrogen and oxygen atoms in total. The minimum absolute atomic E-state index is 0.00935. The largest absolute Gasteiger partial charge is 0.324 e. The number of aromatic amines is 1. The lowest BCUT2D eigenvalue weighted by molar-refractivity contribution is 0.155. The third kappa shape index (κ3) is 3.05. The molecule has 138 valence electrons. The number of urea groups is 1. The number of piperazine rings is 1. The summed E-state index contributed by atoms with van der Waals surface area (Å²) in [6.07, 6.45) is 3.63. The van der Waals surface area contributed by atoms with E-state index in [-0.39, 0.29) is 17.5 Å². The fourth-order valence-electron chi connectivity index (χ4n) is 3.74. The molecule has 8 heteroatoms. The van der Waals surface area contributed by atoms with E-state index in [0.29, 0.717) is 43.7 Å². The van der Waals surface area contributed by atoms with E-state index < -0.39 is 11.6 Å². The molecule has 2 amide bonds. The van der Waals surface area contributed by atoms with Crippen molar-refractivity contribution in [3.8, 4) is 11.1 Å². The highest BCUT2D eigenvalue weighted by Crippen LogP contribution is 2.33. The van der Waals surface area contributed by atoms with Gasteiger partial charge in [0.25, 0.3) is 0 Å². The predicted molar refractivity (Wildman–Crippen MR) is 92.7 cm³/mol. The smallest absolute Gasteiger partial charge is 0.320 e. The van der Waals surface area contributed by atoms with Crippen LogP contribution in [-0.4, -0.2) is 65.3 Å². The first-order valence-corrected chi connectivity index (χ1v) is 8.87. The van der Waals surface area contributed by atoms with Gasteiger partial charge in [0.15, 0.2) is 11.6 Å². The Bertz CT molecular complexity index is 789. The van der Waals surface area contributed by atoms with E-state index >= 15 is 0 Å². The second kappa shape index (κ2) is 7.03. The molecular weight excluding hydrogens is 340 g/mol. The van der Waals surface area contributed by atoms with E-state index in [1.165, 1.54) is 12.4 Å². The van der Waals surface area contributed by atoms with Gasteiger partial charge in [-0.2, -0.15) is 5.10 Å². The Hall–Kier alpha value is -2.48. The summed E-state index contributed by atoms with van der Waals surface area (Å²) in [7, 11) is 0. The molecule has 3 heterocycles. The van der Waals surface area contributed by atoms with Gasteiger partial charge in [0, 0.05) is 62.5 Å². The van der Waals surface area contributed by atoms with Crippen molar-refractivity contribution in [2.45, 2.75) is 12.3 Å². The molecule has 0 bridgehead atoms. The monoisotopic (exact) mass is 361 g/mol. The molecule has 0 radical (unpaired) electrons. The first-order valence-electron chi connectivity index (χ1n) is 8.87. The van der Waals surface area contributed by atoms with Crippen LogP contribution in [0.25, 0.3) is 11.1 Å². The number of nitrogens with one attached hydrogen (secondary N) is 2. The molecule has 2 saturated heterocycles.